The molecule has 0 aromatic heterocycles. The van der Waals surface area contributed by atoms with Crippen molar-refractivity contribution in [2.45, 2.75) is 82.8 Å². The molecule has 1 aromatic rings. The summed E-state index contributed by atoms with van der Waals surface area (Å²) in [6.07, 6.45) is 10.3. The average Bonchev–Trinajstić information content (AvgIpc) is 3.11. The van der Waals surface area contributed by atoms with Gasteiger partial charge < -0.3 is 14.9 Å². The number of methoxy groups -OCH3 is 1. The number of nitriles is 1. The number of unbranched alkanes of at least 4 members (excludes halogenated alkanes) is 3. The van der Waals surface area contributed by atoms with E-state index >= 15 is 0 Å². The van der Waals surface area contributed by atoms with E-state index in [0.29, 0.717) is 12.8 Å². The van der Waals surface area contributed by atoms with Gasteiger partial charge in [-0.15, -0.1) is 0 Å². The van der Waals surface area contributed by atoms with Gasteiger partial charge in [-0.3, -0.25) is 4.79 Å². The smallest absolute Gasteiger partial charge is 0.305 e. The molecule has 0 saturated heterocycles. The molecular weight excluding hydrogens is 390 g/mol. The molecule has 0 bridgehead atoms. The quantitative estimate of drug-likeness (QED) is 0.272. The predicted molar refractivity (Wildman–Crippen MR) is 121 cm³/mol. The third kappa shape index (κ3) is 7.48. The van der Waals surface area contributed by atoms with Crippen molar-refractivity contribution in [1.29, 1.82) is 5.26 Å². The van der Waals surface area contributed by atoms with Crippen LogP contribution in [-0.2, 0) is 9.53 Å². The number of carbonyl (C=O) groups is 1. The van der Waals surface area contributed by atoms with E-state index in [4.69, 9.17) is 0 Å². The highest BCUT2D eigenvalue weighted by molar-refractivity contribution is 5.69. The molecule has 1 aromatic carbocycles. The summed E-state index contributed by atoms with van der Waals surface area (Å²) in [5.74, 6) is -0.414. The Kier molecular flexibility index (Phi) is 10.8. The summed E-state index contributed by atoms with van der Waals surface area (Å²) in [6, 6.07) is 10.3. The van der Waals surface area contributed by atoms with Crippen molar-refractivity contribution in [3.05, 3.63) is 47.5 Å². The summed E-state index contributed by atoms with van der Waals surface area (Å²) in [7, 11) is 1.39. The van der Waals surface area contributed by atoms with Crippen molar-refractivity contribution in [3.63, 3.8) is 0 Å². The molecule has 0 spiro atoms. The molecule has 1 saturated carbocycles. The Labute approximate surface area is 186 Å². The molecule has 1 unspecified atom stereocenters. The van der Waals surface area contributed by atoms with Crippen LogP contribution in [0.1, 0.15) is 87.9 Å². The van der Waals surface area contributed by atoms with Crippen LogP contribution in [0.15, 0.2) is 36.4 Å². The molecule has 31 heavy (non-hydrogen) atoms. The van der Waals surface area contributed by atoms with Crippen LogP contribution in [0.25, 0.3) is 0 Å². The molecule has 0 amide bonds. The zero-order valence-electron chi connectivity index (χ0n) is 18.9. The first kappa shape index (κ1) is 25.1. The lowest BCUT2D eigenvalue weighted by molar-refractivity contribution is -0.140. The van der Waals surface area contributed by atoms with Crippen molar-refractivity contribution in [3.8, 4) is 6.07 Å². The molecule has 1 aliphatic rings. The van der Waals surface area contributed by atoms with Crippen LogP contribution in [0, 0.1) is 23.2 Å². The van der Waals surface area contributed by atoms with E-state index < -0.39 is 12.2 Å². The Bertz CT molecular complexity index is 737. The number of nitrogens with zero attached hydrogens (tertiary/aromatic N) is 1. The van der Waals surface area contributed by atoms with Crippen molar-refractivity contribution in [2.75, 3.05) is 7.11 Å². The summed E-state index contributed by atoms with van der Waals surface area (Å²) >= 11 is 0. The minimum atomic E-state index is -0.539. The van der Waals surface area contributed by atoms with Gasteiger partial charge in [0.25, 0.3) is 0 Å². The predicted octanol–water partition coefficient (Wildman–Crippen LogP) is 5.19. The number of hydrogen-bond donors (Lipinski definition) is 2. The van der Waals surface area contributed by atoms with E-state index in [1.54, 1.807) is 0 Å². The normalized spacial score (nSPS) is 24.2. The summed E-state index contributed by atoms with van der Waals surface area (Å²) in [4.78, 5) is 11.2. The van der Waals surface area contributed by atoms with Gasteiger partial charge in [-0.05, 0) is 49.1 Å². The van der Waals surface area contributed by atoms with Gasteiger partial charge in [0, 0.05) is 12.3 Å². The highest BCUT2D eigenvalue weighted by Crippen LogP contribution is 2.45. The fourth-order valence-corrected chi connectivity index (χ4v) is 4.58. The van der Waals surface area contributed by atoms with Gasteiger partial charge in [0.05, 0.1) is 31.3 Å². The maximum absolute atomic E-state index is 11.2. The number of hydrogen-bond acceptors (Lipinski definition) is 5. The van der Waals surface area contributed by atoms with Crippen molar-refractivity contribution in [1.82, 2.24) is 0 Å². The van der Waals surface area contributed by atoms with Gasteiger partial charge in [-0.1, -0.05) is 62.6 Å². The average molecular weight is 428 g/mol. The minimum Gasteiger partial charge on any atom is -0.469 e. The number of allylic oxidation sites excluding steroid dienone is 2. The van der Waals surface area contributed by atoms with Gasteiger partial charge >= 0.3 is 5.97 Å². The standard InChI is InChI=1S/C26H37NO4/c1-3-4-7-11-23(28)19-13-15-20(16-14-19)26-22(21(18-27)17-24(26)29)10-8-5-6-9-12-25(30)31-2/h5,8,13-16,21-24,26,28-29H,3-4,6-7,9-12,17H2,1-2H3/t21-,22-,23?,24+,26+/m0/s1. The van der Waals surface area contributed by atoms with Gasteiger partial charge in [0.2, 0.25) is 0 Å². The minimum absolute atomic E-state index is 0.0529. The third-order valence-corrected chi connectivity index (χ3v) is 6.40. The summed E-state index contributed by atoms with van der Waals surface area (Å²) in [5.41, 5.74) is 1.94. The molecule has 170 valence electrons. The first-order valence-corrected chi connectivity index (χ1v) is 11.6. The lowest BCUT2D eigenvalue weighted by Gasteiger charge is -2.23. The maximum Gasteiger partial charge on any atom is 0.305 e. The Morgan fingerprint density at radius 2 is 2.00 bits per heavy atom. The zero-order chi connectivity index (χ0) is 22.6. The topological polar surface area (TPSA) is 90.5 Å². The molecule has 0 aliphatic heterocycles. The number of carbonyl (C=O) groups excluding carboxylic acids is 1. The van der Waals surface area contributed by atoms with E-state index in [-0.39, 0.29) is 23.7 Å². The van der Waals surface area contributed by atoms with E-state index in [1.807, 2.05) is 24.3 Å². The zero-order valence-corrected chi connectivity index (χ0v) is 18.9. The lowest BCUT2D eigenvalue weighted by atomic mass is 9.82. The van der Waals surface area contributed by atoms with Crippen LogP contribution in [-0.4, -0.2) is 29.4 Å². The van der Waals surface area contributed by atoms with Gasteiger partial charge in [-0.2, -0.15) is 5.26 Å². The second-order valence-electron chi connectivity index (χ2n) is 8.58. The Morgan fingerprint density at radius 1 is 1.26 bits per heavy atom. The van der Waals surface area contributed by atoms with Crippen LogP contribution in [0.4, 0.5) is 0 Å². The summed E-state index contributed by atoms with van der Waals surface area (Å²) < 4.78 is 4.65. The van der Waals surface area contributed by atoms with Crippen LogP contribution < -0.4 is 0 Å². The molecule has 5 atom stereocenters. The largest absolute Gasteiger partial charge is 0.469 e. The number of benzene rings is 1. The first-order valence-electron chi connectivity index (χ1n) is 11.6. The lowest BCUT2D eigenvalue weighted by Crippen LogP contribution is -2.18. The molecule has 1 aliphatic carbocycles. The maximum atomic E-state index is 11.2. The summed E-state index contributed by atoms with van der Waals surface area (Å²) in [5, 5.41) is 30.7. The molecule has 1 fully saturated rings. The van der Waals surface area contributed by atoms with Crippen LogP contribution in [0.2, 0.25) is 0 Å². The monoisotopic (exact) mass is 427 g/mol. The van der Waals surface area contributed by atoms with E-state index in [1.165, 1.54) is 7.11 Å². The number of rotatable bonds is 12. The molecule has 2 N–H and O–H groups in total. The van der Waals surface area contributed by atoms with Gasteiger partial charge in [-0.25, -0.2) is 0 Å². The number of ether oxygens (including phenoxy) is 1. The Balaban J connectivity index is 2.00. The van der Waals surface area contributed by atoms with E-state index in [2.05, 4.69) is 29.9 Å². The molecule has 5 nitrogen and oxygen atoms in total. The summed E-state index contributed by atoms with van der Waals surface area (Å²) in [6.45, 7) is 2.15. The van der Waals surface area contributed by atoms with E-state index in [9.17, 15) is 20.3 Å². The van der Waals surface area contributed by atoms with Crippen molar-refractivity contribution < 1.29 is 19.7 Å². The number of aliphatic hydroxyl groups excluding tert-OH is 2. The SMILES string of the molecule is CCCCCC(O)c1ccc([C@@H]2[C@@H](CC=CCCCC(=O)OC)[C@H](C#N)C[C@H]2O)cc1. The fourth-order valence-electron chi connectivity index (χ4n) is 4.58. The molecule has 0 heterocycles. The van der Waals surface area contributed by atoms with Crippen molar-refractivity contribution in [2.24, 2.45) is 11.8 Å². The van der Waals surface area contributed by atoms with Crippen LogP contribution in [0.5, 0.6) is 0 Å². The van der Waals surface area contributed by atoms with Gasteiger partial charge in [0.15, 0.2) is 0 Å². The molecule has 2 rings (SSSR count). The first-order chi connectivity index (χ1) is 15.0. The fraction of sp³-hybridized carbons (Fsp3) is 0.615. The second-order valence-corrected chi connectivity index (χ2v) is 8.58. The molecule has 0 radical (unpaired) electrons. The Morgan fingerprint density at radius 3 is 2.65 bits per heavy atom. The van der Waals surface area contributed by atoms with Crippen LogP contribution in [0.3, 0.4) is 0 Å². The van der Waals surface area contributed by atoms with Crippen molar-refractivity contribution >= 4 is 5.97 Å². The second kappa shape index (κ2) is 13.3. The Hall–Kier alpha value is -2.16. The van der Waals surface area contributed by atoms with Crippen LogP contribution >= 0.6 is 0 Å². The van der Waals surface area contributed by atoms with Gasteiger partial charge in [0.1, 0.15) is 0 Å². The number of aliphatic hydroxyl groups is 2. The molecular formula is C26H37NO4. The molecule has 5 heteroatoms. The highest BCUT2D eigenvalue weighted by Gasteiger charge is 2.42. The third-order valence-electron chi connectivity index (χ3n) is 6.40. The highest BCUT2D eigenvalue weighted by atomic mass is 16.5. The van der Waals surface area contributed by atoms with E-state index in [0.717, 1.165) is 56.1 Å². The number of esters is 1.